The van der Waals surface area contributed by atoms with Crippen molar-refractivity contribution < 1.29 is 4.79 Å². The van der Waals surface area contributed by atoms with Crippen LogP contribution in [0.2, 0.25) is 0 Å². The Bertz CT molecular complexity index is 1300. The van der Waals surface area contributed by atoms with Crippen LogP contribution in [0.15, 0.2) is 53.5 Å². The first-order valence-electron chi connectivity index (χ1n) is 9.90. The molecule has 0 aliphatic carbocycles. The van der Waals surface area contributed by atoms with Crippen LogP contribution in [-0.2, 0) is 0 Å². The van der Waals surface area contributed by atoms with Crippen molar-refractivity contribution >= 4 is 39.1 Å². The number of anilines is 2. The average molecular weight is 386 g/mol. The number of carbonyl (C=O) groups excluding carboxylic acids is 1. The van der Waals surface area contributed by atoms with Gasteiger partial charge in [0.25, 0.3) is 5.91 Å². The van der Waals surface area contributed by atoms with Crippen LogP contribution in [0.25, 0.3) is 21.8 Å². The molecule has 0 unspecified atom stereocenters. The Kier molecular flexibility index (Phi) is 4.12. The number of aromatic nitrogens is 2. The summed E-state index contributed by atoms with van der Waals surface area (Å²) in [6, 6.07) is 13.2. The molecule has 6 heteroatoms. The second-order valence-electron chi connectivity index (χ2n) is 7.66. The lowest BCUT2D eigenvalue weighted by Gasteiger charge is -2.21. The first-order valence-corrected chi connectivity index (χ1v) is 9.90. The Hall–Kier alpha value is -3.54. The Morgan fingerprint density at radius 1 is 1.03 bits per heavy atom. The number of aryl methyl sites for hydroxylation is 1. The number of rotatable bonds is 3. The number of amides is 1. The molecule has 0 saturated carbocycles. The highest BCUT2D eigenvalue weighted by Gasteiger charge is 2.21. The van der Waals surface area contributed by atoms with Gasteiger partial charge in [-0.05, 0) is 61.7 Å². The number of nitrogens with zero attached hydrogens (tertiary/aromatic N) is 1. The van der Waals surface area contributed by atoms with Crippen molar-refractivity contribution in [2.45, 2.75) is 19.8 Å². The topological polar surface area (TPSA) is 81.0 Å². The minimum atomic E-state index is -0.134. The summed E-state index contributed by atoms with van der Waals surface area (Å²) >= 11 is 0. The third-order valence-electron chi connectivity index (χ3n) is 5.67. The number of aromatic amines is 2. The van der Waals surface area contributed by atoms with Crippen molar-refractivity contribution in [3.05, 3.63) is 70.1 Å². The van der Waals surface area contributed by atoms with Crippen molar-refractivity contribution in [3.63, 3.8) is 0 Å². The van der Waals surface area contributed by atoms with Crippen LogP contribution in [0, 0.1) is 6.92 Å². The van der Waals surface area contributed by atoms with Crippen molar-refractivity contribution in [1.29, 1.82) is 0 Å². The highest BCUT2D eigenvalue weighted by molar-refractivity contribution is 6.11. The lowest BCUT2D eigenvalue weighted by Crippen LogP contribution is -2.23. The zero-order chi connectivity index (χ0) is 20.0. The Balaban J connectivity index is 1.53. The van der Waals surface area contributed by atoms with E-state index in [9.17, 15) is 9.59 Å². The molecule has 1 aliphatic rings. The van der Waals surface area contributed by atoms with Gasteiger partial charge in [0.1, 0.15) is 0 Å². The minimum Gasteiger partial charge on any atom is -0.371 e. The largest absolute Gasteiger partial charge is 0.371 e. The maximum Gasteiger partial charge on any atom is 0.257 e. The second-order valence-corrected chi connectivity index (χ2v) is 7.66. The smallest absolute Gasteiger partial charge is 0.257 e. The van der Waals surface area contributed by atoms with E-state index in [2.05, 4.69) is 26.3 Å². The first-order chi connectivity index (χ1) is 14.1. The van der Waals surface area contributed by atoms with E-state index < -0.39 is 0 Å². The molecule has 2 aromatic carbocycles. The summed E-state index contributed by atoms with van der Waals surface area (Å²) < 4.78 is 0. The molecule has 3 heterocycles. The third kappa shape index (κ3) is 3.16. The summed E-state index contributed by atoms with van der Waals surface area (Å²) in [6.45, 7) is 3.84. The number of fused-ring (bicyclic) bond motifs is 2. The van der Waals surface area contributed by atoms with Gasteiger partial charge in [0, 0.05) is 52.8 Å². The van der Waals surface area contributed by atoms with Crippen LogP contribution in [0.4, 0.5) is 11.4 Å². The maximum absolute atomic E-state index is 13.2. The fourth-order valence-corrected chi connectivity index (χ4v) is 4.19. The van der Waals surface area contributed by atoms with Crippen molar-refractivity contribution in [2.24, 2.45) is 0 Å². The molecule has 0 bridgehead atoms. The molecule has 2 aromatic heterocycles. The Labute approximate surface area is 167 Å². The molecule has 0 spiro atoms. The normalized spacial score (nSPS) is 14.0. The third-order valence-corrected chi connectivity index (χ3v) is 5.67. The van der Waals surface area contributed by atoms with E-state index in [1.807, 2.05) is 43.5 Å². The molecule has 4 aromatic rings. The molecule has 3 N–H and O–H groups in total. The molecular weight excluding hydrogens is 364 g/mol. The zero-order valence-electron chi connectivity index (χ0n) is 16.2. The van der Waals surface area contributed by atoms with Gasteiger partial charge in [-0.1, -0.05) is 0 Å². The number of benzene rings is 2. The molecule has 6 nitrogen and oxygen atoms in total. The first kappa shape index (κ1) is 17.6. The number of hydrogen-bond donors (Lipinski definition) is 3. The minimum absolute atomic E-state index is 0.124. The predicted molar refractivity (Wildman–Crippen MR) is 117 cm³/mol. The Morgan fingerprint density at radius 2 is 1.86 bits per heavy atom. The monoisotopic (exact) mass is 386 g/mol. The molecule has 146 valence electrons. The summed E-state index contributed by atoms with van der Waals surface area (Å²) in [5, 5.41) is 5.07. The van der Waals surface area contributed by atoms with Gasteiger partial charge < -0.3 is 20.2 Å². The van der Waals surface area contributed by atoms with Crippen LogP contribution in [-0.4, -0.2) is 29.0 Å². The molecule has 1 fully saturated rings. The average Bonchev–Trinajstić information content (AvgIpc) is 3.38. The van der Waals surface area contributed by atoms with Gasteiger partial charge in [-0.15, -0.1) is 0 Å². The van der Waals surface area contributed by atoms with Crippen molar-refractivity contribution in [2.75, 3.05) is 23.3 Å². The summed E-state index contributed by atoms with van der Waals surface area (Å²) in [7, 11) is 0. The summed E-state index contributed by atoms with van der Waals surface area (Å²) in [5.74, 6) is -0.134. The van der Waals surface area contributed by atoms with Crippen molar-refractivity contribution in [1.82, 2.24) is 9.97 Å². The molecule has 1 amide bonds. The molecule has 29 heavy (non-hydrogen) atoms. The lowest BCUT2D eigenvalue weighted by molar-refractivity contribution is 0.102. The van der Waals surface area contributed by atoms with E-state index in [-0.39, 0.29) is 11.5 Å². The van der Waals surface area contributed by atoms with E-state index in [4.69, 9.17) is 0 Å². The summed E-state index contributed by atoms with van der Waals surface area (Å²) in [5.41, 5.74) is 4.82. The molecule has 1 saturated heterocycles. The van der Waals surface area contributed by atoms with E-state index in [1.165, 1.54) is 0 Å². The van der Waals surface area contributed by atoms with Gasteiger partial charge in [-0.2, -0.15) is 0 Å². The summed E-state index contributed by atoms with van der Waals surface area (Å²) in [6.07, 6.45) is 4.19. The number of carbonyl (C=O) groups is 1. The second kappa shape index (κ2) is 6.81. The van der Waals surface area contributed by atoms with E-state index in [1.54, 1.807) is 6.07 Å². The number of pyridine rings is 1. The van der Waals surface area contributed by atoms with Gasteiger partial charge >= 0.3 is 0 Å². The highest BCUT2D eigenvalue weighted by Crippen LogP contribution is 2.30. The number of H-pyrrole nitrogens is 2. The fourth-order valence-electron chi connectivity index (χ4n) is 4.19. The number of nitrogens with one attached hydrogen (secondary N) is 3. The fraction of sp³-hybridized carbons (Fsp3) is 0.217. The molecule has 1 aliphatic heterocycles. The molecular formula is C23H22N4O2. The van der Waals surface area contributed by atoms with Crippen LogP contribution < -0.4 is 15.8 Å². The summed E-state index contributed by atoms with van der Waals surface area (Å²) in [4.78, 5) is 33.2. The SMILES string of the molecule is Cc1cc(=O)[nH]c2ccc(NC(=O)c3cc4[nH]ccc4cc3N3CCCC3)cc12. The van der Waals surface area contributed by atoms with E-state index in [0.29, 0.717) is 11.3 Å². The quantitative estimate of drug-likeness (QED) is 0.494. The maximum atomic E-state index is 13.2. The van der Waals surface area contributed by atoms with Crippen LogP contribution in [0.1, 0.15) is 28.8 Å². The standard InChI is InChI=1S/C23H22N4O2/c1-14-10-22(28)26-19-5-4-16(12-17(14)19)25-23(29)18-13-20-15(6-7-24-20)11-21(18)27-8-2-3-9-27/h4-7,10-13,24H,2-3,8-9H2,1H3,(H,25,29)(H,26,28). The predicted octanol–water partition coefficient (Wildman–Crippen LogP) is 4.17. The number of hydrogen-bond acceptors (Lipinski definition) is 3. The molecule has 5 rings (SSSR count). The van der Waals surface area contributed by atoms with Crippen LogP contribution in [0.5, 0.6) is 0 Å². The van der Waals surface area contributed by atoms with E-state index in [0.717, 1.165) is 59.0 Å². The molecule has 0 atom stereocenters. The highest BCUT2D eigenvalue weighted by atomic mass is 16.1. The van der Waals surface area contributed by atoms with Gasteiger partial charge in [0.2, 0.25) is 5.56 Å². The van der Waals surface area contributed by atoms with Gasteiger partial charge in [-0.25, -0.2) is 0 Å². The van der Waals surface area contributed by atoms with Crippen molar-refractivity contribution in [3.8, 4) is 0 Å². The Morgan fingerprint density at radius 3 is 2.69 bits per heavy atom. The molecule has 0 radical (unpaired) electrons. The van der Waals surface area contributed by atoms with Crippen LogP contribution in [0.3, 0.4) is 0 Å². The van der Waals surface area contributed by atoms with E-state index >= 15 is 0 Å². The lowest BCUT2D eigenvalue weighted by atomic mass is 10.1. The van der Waals surface area contributed by atoms with Gasteiger partial charge in [0.15, 0.2) is 0 Å². The zero-order valence-corrected chi connectivity index (χ0v) is 16.2. The van der Waals surface area contributed by atoms with Gasteiger partial charge in [-0.3, -0.25) is 9.59 Å². The van der Waals surface area contributed by atoms with Gasteiger partial charge in [0.05, 0.1) is 11.3 Å². The van der Waals surface area contributed by atoms with Crippen LogP contribution >= 0.6 is 0 Å².